The van der Waals surface area contributed by atoms with Crippen LogP contribution in [-0.2, 0) is 9.59 Å². The Morgan fingerprint density at radius 3 is 2.15 bits per heavy atom. The van der Waals surface area contributed by atoms with Gasteiger partial charge in [-0.3, -0.25) is 14.5 Å². The van der Waals surface area contributed by atoms with Gasteiger partial charge in [-0.15, -0.1) is 0 Å². The summed E-state index contributed by atoms with van der Waals surface area (Å²) in [6.45, 7) is 3.18. The molecule has 0 radical (unpaired) electrons. The van der Waals surface area contributed by atoms with E-state index < -0.39 is 24.0 Å². The molecule has 6 heteroatoms. The second kappa shape index (κ2) is 6.72. The fourth-order valence-corrected chi connectivity index (χ4v) is 1.98. The maximum absolute atomic E-state index is 12.6. The molecular formula is C14H19ClN2O3. The van der Waals surface area contributed by atoms with E-state index in [1.165, 1.54) is 4.90 Å². The molecular weight excluding hydrogens is 280 g/mol. The molecule has 0 aliphatic carbocycles. The van der Waals surface area contributed by atoms with Gasteiger partial charge in [0.25, 0.3) is 0 Å². The minimum Gasteiger partial charge on any atom is -0.480 e. The summed E-state index contributed by atoms with van der Waals surface area (Å²) in [4.78, 5) is 24.7. The van der Waals surface area contributed by atoms with Crippen molar-refractivity contribution in [3.63, 3.8) is 0 Å². The lowest BCUT2D eigenvalue weighted by atomic mass is 9.92. The van der Waals surface area contributed by atoms with Crippen molar-refractivity contribution in [1.29, 1.82) is 0 Å². The van der Waals surface area contributed by atoms with Crippen molar-refractivity contribution in [3.8, 4) is 0 Å². The maximum Gasteiger partial charge on any atom is 0.323 e. The van der Waals surface area contributed by atoms with Gasteiger partial charge < -0.3 is 10.8 Å². The minimum absolute atomic E-state index is 0.396. The summed E-state index contributed by atoms with van der Waals surface area (Å²) in [6, 6.07) is 6.42. The Morgan fingerprint density at radius 1 is 1.25 bits per heavy atom. The quantitative estimate of drug-likeness (QED) is 0.844. The van der Waals surface area contributed by atoms with Gasteiger partial charge in [0.1, 0.15) is 6.54 Å². The topological polar surface area (TPSA) is 83.6 Å². The average molecular weight is 299 g/mol. The van der Waals surface area contributed by atoms with Gasteiger partial charge in [0.05, 0.1) is 5.54 Å². The van der Waals surface area contributed by atoms with E-state index in [1.807, 2.05) is 13.8 Å². The van der Waals surface area contributed by atoms with Crippen LogP contribution in [0.3, 0.4) is 0 Å². The van der Waals surface area contributed by atoms with Crippen LogP contribution < -0.4 is 10.6 Å². The monoisotopic (exact) mass is 298 g/mol. The van der Waals surface area contributed by atoms with Crippen LogP contribution in [0.15, 0.2) is 24.3 Å². The van der Waals surface area contributed by atoms with Gasteiger partial charge in [0, 0.05) is 10.7 Å². The molecule has 0 aromatic heterocycles. The molecule has 0 atom stereocenters. The first-order chi connectivity index (χ1) is 9.34. The molecule has 1 aromatic rings. The third-order valence-corrected chi connectivity index (χ3v) is 3.62. The molecule has 0 bridgehead atoms. The number of carboxylic acids is 1. The van der Waals surface area contributed by atoms with Crippen molar-refractivity contribution in [2.75, 3.05) is 11.4 Å². The number of hydrogen-bond acceptors (Lipinski definition) is 3. The number of amides is 1. The molecule has 0 unspecified atom stereocenters. The first-order valence-corrected chi connectivity index (χ1v) is 6.80. The molecule has 0 aliphatic heterocycles. The van der Waals surface area contributed by atoms with Crippen molar-refractivity contribution in [1.82, 2.24) is 0 Å². The normalized spacial score (nSPS) is 11.2. The highest BCUT2D eigenvalue weighted by atomic mass is 35.5. The average Bonchev–Trinajstić information content (AvgIpc) is 2.44. The number of carbonyl (C=O) groups excluding carboxylic acids is 1. The molecule has 0 saturated heterocycles. The third kappa shape index (κ3) is 3.71. The number of rotatable bonds is 6. The molecule has 5 nitrogen and oxygen atoms in total. The van der Waals surface area contributed by atoms with Crippen molar-refractivity contribution in [2.45, 2.75) is 32.2 Å². The van der Waals surface area contributed by atoms with Gasteiger partial charge in [-0.2, -0.15) is 0 Å². The number of nitrogens with zero attached hydrogens (tertiary/aromatic N) is 1. The summed E-state index contributed by atoms with van der Waals surface area (Å²) in [5, 5.41) is 9.51. The summed E-state index contributed by atoms with van der Waals surface area (Å²) in [5.74, 6) is -1.49. The Morgan fingerprint density at radius 2 is 1.75 bits per heavy atom. The Labute approximate surface area is 123 Å². The van der Waals surface area contributed by atoms with E-state index in [1.54, 1.807) is 24.3 Å². The van der Waals surface area contributed by atoms with E-state index in [-0.39, 0.29) is 0 Å². The Kier molecular flexibility index (Phi) is 5.53. The Balaban J connectivity index is 3.15. The molecule has 1 amide bonds. The van der Waals surface area contributed by atoms with Crippen molar-refractivity contribution < 1.29 is 14.7 Å². The predicted molar refractivity (Wildman–Crippen MR) is 78.9 cm³/mol. The molecule has 0 heterocycles. The van der Waals surface area contributed by atoms with Crippen LogP contribution in [0.5, 0.6) is 0 Å². The first kappa shape index (κ1) is 16.5. The largest absolute Gasteiger partial charge is 0.480 e. The third-order valence-electron chi connectivity index (χ3n) is 3.36. The van der Waals surface area contributed by atoms with Crippen LogP contribution in [0, 0.1) is 0 Å². The van der Waals surface area contributed by atoms with E-state index in [9.17, 15) is 9.59 Å². The highest BCUT2D eigenvalue weighted by Gasteiger charge is 2.35. The molecule has 0 fully saturated rings. The SMILES string of the molecule is CCC(N)(CC)C(=O)N(CC(=O)O)c1ccc(Cl)cc1. The number of benzene rings is 1. The Hall–Kier alpha value is -1.59. The summed E-state index contributed by atoms with van der Waals surface area (Å²) >= 11 is 5.80. The van der Waals surface area contributed by atoms with Crippen LogP contribution in [0.1, 0.15) is 26.7 Å². The van der Waals surface area contributed by atoms with Gasteiger partial charge in [0.15, 0.2) is 0 Å². The zero-order valence-corrected chi connectivity index (χ0v) is 12.4. The summed E-state index contributed by atoms with van der Waals surface area (Å²) in [7, 11) is 0. The highest BCUT2D eigenvalue weighted by Crippen LogP contribution is 2.23. The van der Waals surface area contributed by atoms with Crippen molar-refractivity contribution in [3.05, 3.63) is 29.3 Å². The summed E-state index contributed by atoms with van der Waals surface area (Å²) in [5.41, 5.74) is 5.48. The summed E-state index contributed by atoms with van der Waals surface area (Å²) < 4.78 is 0. The fraction of sp³-hybridized carbons (Fsp3) is 0.429. The standard InChI is InChI=1S/C14H19ClN2O3/c1-3-14(16,4-2)13(20)17(9-12(18)19)11-7-5-10(15)6-8-11/h5-8H,3-4,9,16H2,1-2H3,(H,18,19). The first-order valence-electron chi connectivity index (χ1n) is 6.42. The van der Waals surface area contributed by atoms with E-state index in [2.05, 4.69) is 0 Å². The van der Waals surface area contributed by atoms with Gasteiger partial charge in [-0.05, 0) is 37.1 Å². The lowest BCUT2D eigenvalue weighted by Gasteiger charge is -2.32. The van der Waals surface area contributed by atoms with Crippen LogP contribution in [0.4, 0.5) is 5.69 Å². The highest BCUT2D eigenvalue weighted by molar-refractivity contribution is 6.30. The number of halogens is 1. The minimum atomic E-state index is -1.09. The van der Waals surface area contributed by atoms with Crippen molar-refractivity contribution >= 4 is 29.2 Å². The second-order valence-electron chi connectivity index (χ2n) is 4.62. The fourth-order valence-electron chi connectivity index (χ4n) is 1.86. The summed E-state index contributed by atoms with van der Waals surface area (Å²) in [6.07, 6.45) is 0.873. The number of carboxylic acid groups (broad SMARTS) is 1. The molecule has 110 valence electrons. The molecule has 20 heavy (non-hydrogen) atoms. The number of carbonyl (C=O) groups is 2. The number of anilines is 1. The van der Waals surface area contributed by atoms with Crippen LogP contribution in [0.2, 0.25) is 5.02 Å². The number of aliphatic carboxylic acids is 1. The number of hydrogen-bond donors (Lipinski definition) is 2. The van der Waals surface area contributed by atoms with Gasteiger partial charge in [-0.1, -0.05) is 25.4 Å². The second-order valence-corrected chi connectivity index (χ2v) is 5.06. The van der Waals surface area contributed by atoms with E-state index in [0.717, 1.165) is 0 Å². The maximum atomic E-state index is 12.6. The lowest BCUT2D eigenvalue weighted by Crippen LogP contribution is -2.56. The van der Waals surface area contributed by atoms with Crippen molar-refractivity contribution in [2.24, 2.45) is 5.73 Å². The zero-order chi connectivity index (χ0) is 15.3. The van der Waals surface area contributed by atoms with Gasteiger partial charge in [-0.25, -0.2) is 0 Å². The van der Waals surface area contributed by atoms with Gasteiger partial charge >= 0.3 is 5.97 Å². The predicted octanol–water partition coefficient (Wildman–Crippen LogP) is 2.28. The molecule has 0 aliphatic rings. The smallest absolute Gasteiger partial charge is 0.323 e. The molecule has 3 N–H and O–H groups in total. The Bertz CT molecular complexity index is 484. The zero-order valence-electron chi connectivity index (χ0n) is 11.6. The molecule has 1 aromatic carbocycles. The van der Waals surface area contributed by atoms with Gasteiger partial charge in [0.2, 0.25) is 5.91 Å². The van der Waals surface area contributed by atoms with E-state index in [0.29, 0.717) is 23.6 Å². The van der Waals surface area contributed by atoms with Crippen LogP contribution in [0.25, 0.3) is 0 Å². The lowest BCUT2D eigenvalue weighted by molar-refractivity contribution is -0.137. The molecule has 0 saturated carbocycles. The van der Waals surface area contributed by atoms with Crippen LogP contribution in [-0.4, -0.2) is 29.1 Å². The van der Waals surface area contributed by atoms with Crippen LogP contribution >= 0.6 is 11.6 Å². The van der Waals surface area contributed by atoms with E-state index in [4.69, 9.17) is 22.4 Å². The molecule has 0 spiro atoms. The number of nitrogens with two attached hydrogens (primary N) is 1. The molecule has 1 rings (SSSR count). The van der Waals surface area contributed by atoms with E-state index >= 15 is 0 Å².